The molecule has 0 unspecified atom stereocenters. The zero-order valence-corrected chi connectivity index (χ0v) is 11.9. The second-order valence-corrected chi connectivity index (χ2v) is 5.48. The molecule has 0 amide bonds. The van der Waals surface area contributed by atoms with Gasteiger partial charge in [-0.1, -0.05) is 38.2 Å². The number of hydrogen-bond donors (Lipinski definition) is 1. The number of aryl methyl sites for hydroxylation is 1. The third-order valence-electron chi connectivity index (χ3n) is 3.21. The second-order valence-electron chi connectivity index (χ2n) is 5.04. The molecule has 94 valence electrons. The molecule has 0 spiro atoms. The van der Waals surface area contributed by atoms with Gasteiger partial charge in [-0.15, -0.1) is 0 Å². The van der Waals surface area contributed by atoms with Crippen LogP contribution in [0.25, 0.3) is 0 Å². The van der Waals surface area contributed by atoms with Crippen molar-refractivity contribution in [1.29, 1.82) is 0 Å². The summed E-state index contributed by atoms with van der Waals surface area (Å²) in [6, 6.07) is 6.09. The van der Waals surface area contributed by atoms with Crippen molar-refractivity contribution < 1.29 is 4.74 Å². The van der Waals surface area contributed by atoms with Crippen molar-refractivity contribution in [2.24, 2.45) is 11.1 Å². The van der Waals surface area contributed by atoms with Crippen molar-refractivity contribution in [2.75, 3.05) is 6.61 Å². The van der Waals surface area contributed by atoms with Crippen LogP contribution in [0.4, 0.5) is 0 Å². The third-order valence-corrected chi connectivity index (χ3v) is 3.76. The molecule has 0 radical (unpaired) electrons. The summed E-state index contributed by atoms with van der Waals surface area (Å²) in [5.41, 5.74) is 7.98. The fraction of sp³-hybridized carbons (Fsp3) is 0.500. The van der Waals surface area contributed by atoms with E-state index in [0.717, 1.165) is 12.2 Å². The molecule has 17 heavy (non-hydrogen) atoms. The van der Waals surface area contributed by atoms with Crippen molar-refractivity contribution in [3.63, 3.8) is 0 Å². The number of thiocarbonyl (C=S) groups is 1. The summed E-state index contributed by atoms with van der Waals surface area (Å²) >= 11 is 5.03. The zero-order chi connectivity index (χ0) is 13.1. The second kappa shape index (κ2) is 5.50. The summed E-state index contributed by atoms with van der Waals surface area (Å²) in [4.78, 5) is 0.544. The number of benzene rings is 1. The molecule has 1 rings (SSSR count). The highest BCUT2D eigenvalue weighted by Gasteiger charge is 2.21. The number of rotatable bonds is 5. The van der Waals surface area contributed by atoms with Crippen LogP contribution in [0.15, 0.2) is 18.2 Å². The molecule has 2 N–H and O–H groups in total. The zero-order valence-electron chi connectivity index (χ0n) is 11.0. The van der Waals surface area contributed by atoms with Gasteiger partial charge < -0.3 is 10.5 Å². The molecule has 0 aliphatic carbocycles. The van der Waals surface area contributed by atoms with E-state index in [1.165, 1.54) is 11.1 Å². The molecular weight excluding hydrogens is 230 g/mol. The van der Waals surface area contributed by atoms with Crippen molar-refractivity contribution in [3.05, 3.63) is 29.3 Å². The first-order valence-electron chi connectivity index (χ1n) is 5.83. The minimum Gasteiger partial charge on any atom is -0.493 e. The molecule has 1 aromatic carbocycles. The third kappa shape index (κ3) is 3.70. The van der Waals surface area contributed by atoms with Gasteiger partial charge in [0, 0.05) is 5.41 Å². The van der Waals surface area contributed by atoms with Crippen molar-refractivity contribution in [1.82, 2.24) is 0 Å². The van der Waals surface area contributed by atoms with Crippen LogP contribution in [0, 0.1) is 19.3 Å². The maximum absolute atomic E-state index is 5.79. The molecule has 0 saturated carbocycles. The van der Waals surface area contributed by atoms with Crippen molar-refractivity contribution >= 4 is 17.2 Å². The number of hydrogen-bond acceptors (Lipinski definition) is 2. The molecule has 0 atom stereocenters. The standard InChI is InChI=1S/C14H21NOS/c1-10-6-5-7-12(11(10)2)16-9-8-14(3,4)13(15)17/h5-7H,8-9H2,1-4H3,(H2,15,17). The van der Waals surface area contributed by atoms with E-state index in [-0.39, 0.29) is 5.41 Å². The summed E-state index contributed by atoms with van der Waals surface area (Å²) in [5.74, 6) is 0.948. The van der Waals surface area contributed by atoms with Gasteiger partial charge in [-0.2, -0.15) is 0 Å². The highest BCUT2D eigenvalue weighted by atomic mass is 32.1. The predicted octanol–water partition coefficient (Wildman–Crippen LogP) is 3.38. The maximum atomic E-state index is 5.79. The van der Waals surface area contributed by atoms with Crippen LogP contribution in [-0.2, 0) is 0 Å². The molecule has 0 aliphatic rings. The van der Waals surface area contributed by atoms with Crippen LogP contribution in [0.2, 0.25) is 0 Å². The largest absolute Gasteiger partial charge is 0.493 e. The van der Waals surface area contributed by atoms with Crippen molar-refractivity contribution in [2.45, 2.75) is 34.1 Å². The first-order valence-corrected chi connectivity index (χ1v) is 6.24. The summed E-state index contributed by atoms with van der Waals surface area (Å²) in [7, 11) is 0. The smallest absolute Gasteiger partial charge is 0.122 e. The monoisotopic (exact) mass is 251 g/mol. The maximum Gasteiger partial charge on any atom is 0.122 e. The average molecular weight is 251 g/mol. The number of nitrogens with two attached hydrogens (primary N) is 1. The normalized spacial score (nSPS) is 11.3. The van der Waals surface area contributed by atoms with E-state index in [9.17, 15) is 0 Å². The lowest BCUT2D eigenvalue weighted by atomic mass is 9.90. The molecule has 0 bridgehead atoms. The highest BCUT2D eigenvalue weighted by molar-refractivity contribution is 7.80. The van der Waals surface area contributed by atoms with Crippen LogP contribution in [-0.4, -0.2) is 11.6 Å². The van der Waals surface area contributed by atoms with Gasteiger partial charge in [0.2, 0.25) is 0 Å². The van der Waals surface area contributed by atoms with E-state index in [1.54, 1.807) is 0 Å². The molecule has 0 saturated heterocycles. The SMILES string of the molecule is Cc1cccc(OCCC(C)(C)C(N)=S)c1C. The van der Waals surface area contributed by atoms with Gasteiger partial charge in [0.05, 0.1) is 11.6 Å². The Labute approximate surface area is 109 Å². The van der Waals surface area contributed by atoms with Crippen LogP contribution in [0.1, 0.15) is 31.4 Å². The highest BCUT2D eigenvalue weighted by Crippen LogP contribution is 2.24. The quantitative estimate of drug-likeness (QED) is 0.815. The van der Waals surface area contributed by atoms with E-state index >= 15 is 0 Å². The van der Waals surface area contributed by atoms with Gasteiger partial charge >= 0.3 is 0 Å². The molecule has 1 aromatic rings. The summed E-state index contributed by atoms with van der Waals surface area (Å²) in [5, 5.41) is 0. The Kier molecular flexibility index (Phi) is 4.52. The Morgan fingerprint density at radius 1 is 1.35 bits per heavy atom. The van der Waals surface area contributed by atoms with Crippen LogP contribution in [0.5, 0.6) is 5.75 Å². The van der Waals surface area contributed by atoms with Crippen LogP contribution in [0.3, 0.4) is 0 Å². The first-order chi connectivity index (χ1) is 7.84. The molecule has 0 fully saturated rings. The molecule has 0 heterocycles. The van der Waals surface area contributed by atoms with Gasteiger partial charge in [0.1, 0.15) is 5.75 Å². The lowest BCUT2D eigenvalue weighted by Crippen LogP contribution is -2.31. The lowest BCUT2D eigenvalue weighted by molar-refractivity contribution is 0.269. The van der Waals surface area contributed by atoms with E-state index in [0.29, 0.717) is 11.6 Å². The Morgan fingerprint density at radius 3 is 2.59 bits per heavy atom. The fourth-order valence-corrected chi connectivity index (χ4v) is 1.52. The fourth-order valence-electron chi connectivity index (χ4n) is 1.42. The van der Waals surface area contributed by atoms with Gasteiger partial charge in [-0.25, -0.2) is 0 Å². The molecule has 0 aliphatic heterocycles. The number of ether oxygens (including phenoxy) is 1. The Hall–Kier alpha value is -1.09. The van der Waals surface area contributed by atoms with Crippen molar-refractivity contribution in [3.8, 4) is 5.75 Å². The summed E-state index contributed by atoms with van der Waals surface area (Å²) in [6.07, 6.45) is 0.829. The van der Waals surface area contributed by atoms with Gasteiger partial charge in [-0.3, -0.25) is 0 Å². The molecule has 0 aromatic heterocycles. The summed E-state index contributed by atoms with van der Waals surface area (Å²) in [6.45, 7) is 8.88. The molecule has 2 nitrogen and oxygen atoms in total. The van der Waals surface area contributed by atoms with Gasteiger partial charge in [0.15, 0.2) is 0 Å². The Balaban J connectivity index is 2.58. The van der Waals surface area contributed by atoms with E-state index in [1.807, 2.05) is 26.0 Å². The average Bonchev–Trinajstić information content (AvgIpc) is 2.24. The van der Waals surface area contributed by atoms with Crippen LogP contribution >= 0.6 is 12.2 Å². The first kappa shape index (κ1) is 14.0. The van der Waals surface area contributed by atoms with E-state index in [2.05, 4.69) is 19.9 Å². The Bertz CT molecular complexity index is 413. The minimum atomic E-state index is -0.146. The van der Waals surface area contributed by atoms with Crippen LogP contribution < -0.4 is 10.5 Å². The van der Waals surface area contributed by atoms with E-state index < -0.39 is 0 Å². The lowest BCUT2D eigenvalue weighted by Gasteiger charge is -2.23. The minimum absolute atomic E-state index is 0.146. The van der Waals surface area contributed by atoms with Gasteiger partial charge in [-0.05, 0) is 37.5 Å². The van der Waals surface area contributed by atoms with E-state index in [4.69, 9.17) is 22.7 Å². The predicted molar refractivity (Wildman–Crippen MR) is 76.6 cm³/mol. The summed E-state index contributed by atoms with van der Waals surface area (Å²) < 4.78 is 5.79. The topological polar surface area (TPSA) is 35.2 Å². The molecular formula is C14H21NOS. The Morgan fingerprint density at radius 2 is 2.00 bits per heavy atom. The molecule has 3 heteroatoms. The van der Waals surface area contributed by atoms with Gasteiger partial charge in [0.25, 0.3) is 0 Å².